The molecule has 4 nitrogen and oxygen atoms in total. The maximum Gasteiger partial charge on any atom is 0.253 e. The average Bonchev–Trinajstić information content (AvgIpc) is 2.53. The highest BCUT2D eigenvalue weighted by atomic mass is 16.3. The Morgan fingerprint density at radius 2 is 2.10 bits per heavy atom. The highest BCUT2D eigenvalue weighted by Crippen LogP contribution is 2.49. The van der Waals surface area contributed by atoms with Crippen LogP contribution in [-0.4, -0.2) is 35.1 Å². The largest absolute Gasteiger partial charge is 0.393 e. The monoisotopic (exact) mass is 270 g/mol. The van der Waals surface area contributed by atoms with Crippen LogP contribution in [0.5, 0.6) is 0 Å². The Balaban J connectivity index is 1.68. The molecule has 0 bridgehead atoms. The Labute approximate surface area is 118 Å². The fraction of sp³-hybridized carbons (Fsp3) is 0.500. The van der Waals surface area contributed by atoms with E-state index in [4.69, 9.17) is 5.26 Å². The van der Waals surface area contributed by atoms with Crippen LogP contribution < -0.4 is 0 Å². The normalized spacial score (nSPS) is 24.0. The van der Waals surface area contributed by atoms with Gasteiger partial charge in [0.15, 0.2) is 0 Å². The van der Waals surface area contributed by atoms with E-state index in [1.165, 1.54) is 0 Å². The van der Waals surface area contributed by atoms with Crippen LogP contribution in [-0.2, 0) is 0 Å². The van der Waals surface area contributed by atoms with Gasteiger partial charge in [-0.25, -0.2) is 0 Å². The molecule has 2 aliphatic rings. The number of aliphatic hydroxyl groups is 1. The number of nitriles is 1. The Morgan fingerprint density at radius 1 is 1.35 bits per heavy atom. The molecule has 1 spiro atoms. The fourth-order valence-electron chi connectivity index (χ4n) is 3.32. The van der Waals surface area contributed by atoms with Gasteiger partial charge < -0.3 is 10.0 Å². The van der Waals surface area contributed by atoms with Gasteiger partial charge in [0.1, 0.15) is 0 Å². The number of carbonyl (C=O) groups excluding carboxylic acids is 1. The fourth-order valence-corrected chi connectivity index (χ4v) is 3.32. The van der Waals surface area contributed by atoms with Gasteiger partial charge in [0.05, 0.1) is 17.7 Å². The van der Waals surface area contributed by atoms with Crippen LogP contribution in [0.1, 0.15) is 41.6 Å². The minimum absolute atomic E-state index is 0.00855. The number of carbonyl (C=O) groups is 1. The molecule has 1 aliphatic carbocycles. The molecule has 0 aromatic heterocycles. The van der Waals surface area contributed by atoms with Gasteiger partial charge in [-0.2, -0.15) is 5.26 Å². The SMILES string of the molecule is N#Cc1cccc(C(=O)N2CCC3(CCC3O)CC2)c1. The van der Waals surface area contributed by atoms with Crippen LogP contribution in [0.3, 0.4) is 0 Å². The van der Waals surface area contributed by atoms with Crippen LogP contribution >= 0.6 is 0 Å². The van der Waals surface area contributed by atoms with Gasteiger partial charge in [-0.15, -0.1) is 0 Å². The summed E-state index contributed by atoms with van der Waals surface area (Å²) in [6, 6.07) is 8.90. The molecular weight excluding hydrogens is 252 g/mol. The third-order valence-corrected chi connectivity index (χ3v) is 4.91. The summed E-state index contributed by atoms with van der Waals surface area (Å²) < 4.78 is 0. The summed E-state index contributed by atoms with van der Waals surface area (Å²) in [5, 5.41) is 18.8. The van der Waals surface area contributed by atoms with Crippen molar-refractivity contribution in [3.05, 3.63) is 35.4 Å². The van der Waals surface area contributed by atoms with Gasteiger partial charge in [-0.05, 0) is 49.3 Å². The first-order chi connectivity index (χ1) is 9.64. The second kappa shape index (κ2) is 4.92. The number of rotatable bonds is 1. The van der Waals surface area contributed by atoms with Crippen molar-refractivity contribution in [2.45, 2.75) is 31.8 Å². The molecule has 1 heterocycles. The molecule has 1 aromatic rings. The number of benzene rings is 1. The first-order valence-electron chi connectivity index (χ1n) is 7.12. The third-order valence-electron chi connectivity index (χ3n) is 4.91. The molecule has 20 heavy (non-hydrogen) atoms. The summed E-state index contributed by atoms with van der Waals surface area (Å²) in [4.78, 5) is 14.3. The first-order valence-corrected chi connectivity index (χ1v) is 7.12. The Hall–Kier alpha value is -1.86. The second-order valence-corrected chi connectivity index (χ2v) is 5.90. The van der Waals surface area contributed by atoms with Crippen LogP contribution in [0, 0.1) is 16.7 Å². The molecule has 1 saturated carbocycles. The second-order valence-electron chi connectivity index (χ2n) is 5.90. The van der Waals surface area contributed by atoms with Crippen LogP contribution in [0.15, 0.2) is 24.3 Å². The summed E-state index contributed by atoms with van der Waals surface area (Å²) >= 11 is 0. The number of hydrogen-bond acceptors (Lipinski definition) is 3. The molecule has 1 unspecified atom stereocenters. The Kier molecular flexibility index (Phi) is 3.23. The average molecular weight is 270 g/mol. The molecule has 1 N–H and O–H groups in total. The predicted octanol–water partition coefficient (Wildman–Crippen LogP) is 1.94. The van der Waals surface area contributed by atoms with E-state index >= 15 is 0 Å². The number of piperidine rings is 1. The molecule has 1 aliphatic heterocycles. The third kappa shape index (κ3) is 2.08. The first kappa shape index (κ1) is 13.1. The Bertz CT molecular complexity index is 568. The summed E-state index contributed by atoms with van der Waals surface area (Å²) in [5.74, 6) is -0.00855. The summed E-state index contributed by atoms with van der Waals surface area (Å²) in [7, 11) is 0. The van der Waals surface area contributed by atoms with Crippen molar-refractivity contribution >= 4 is 5.91 Å². The number of hydrogen-bond donors (Lipinski definition) is 1. The van der Waals surface area contributed by atoms with Crippen molar-refractivity contribution in [3.8, 4) is 6.07 Å². The van der Waals surface area contributed by atoms with Gasteiger partial charge in [0.2, 0.25) is 0 Å². The zero-order valence-corrected chi connectivity index (χ0v) is 11.4. The van der Waals surface area contributed by atoms with E-state index in [0.29, 0.717) is 24.2 Å². The van der Waals surface area contributed by atoms with Crippen molar-refractivity contribution in [2.24, 2.45) is 5.41 Å². The molecule has 104 valence electrons. The van der Waals surface area contributed by atoms with E-state index in [9.17, 15) is 9.90 Å². The van der Waals surface area contributed by atoms with E-state index < -0.39 is 0 Å². The molecule has 4 heteroatoms. The van der Waals surface area contributed by atoms with E-state index in [0.717, 1.165) is 25.7 Å². The zero-order valence-electron chi connectivity index (χ0n) is 11.4. The lowest BCUT2D eigenvalue weighted by Crippen LogP contribution is -2.53. The number of nitrogens with zero attached hydrogens (tertiary/aromatic N) is 2. The Morgan fingerprint density at radius 3 is 2.65 bits per heavy atom. The van der Waals surface area contributed by atoms with Crippen molar-refractivity contribution in [2.75, 3.05) is 13.1 Å². The molecule has 2 fully saturated rings. The maximum absolute atomic E-state index is 12.4. The molecule has 1 aromatic carbocycles. The van der Waals surface area contributed by atoms with Crippen LogP contribution in [0.25, 0.3) is 0 Å². The van der Waals surface area contributed by atoms with Gasteiger partial charge >= 0.3 is 0 Å². The van der Waals surface area contributed by atoms with Gasteiger partial charge in [-0.1, -0.05) is 6.07 Å². The van der Waals surface area contributed by atoms with Gasteiger partial charge in [0.25, 0.3) is 5.91 Å². The molecule has 1 atom stereocenters. The smallest absolute Gasteiger partial charge is 0.253 e. The zero-order chi connectivity index (χ0) is 14.2. The topological polar surface area (TPSA) is 64.3 Å². The lowest BCUT2D eigenvalue weighted by Gasteiger charge is -2.51. The standard InChI is InChI=1S/C16H18N2O2/c17-11-12-2-1-3-13(10-12)15(20)18-8-6-16(7-9-18)5-4-14(16)19/h1-3,10,14,19H,4-9H2. The molecule has 0 radical (unpaired) electrons. The minimum Gasteiger partial charge on any atom is -0.393 e. The summed E-state index contributed by atoms with van der Waals surface area (Å²) in [5.41, 5.74) is 1.17. The van der Waals surface area contributed by atoms with E-state index in [1.807, 2.05) is 4.90 Å². The number of likely N-dealkylation sites (tertiary alicyclic amines) is 1. The van der Waals surface area contributed by atoms with Crippen molar-refractivity contribution in [1.82, 2.24) is 4.90 Å². The highest BCUT2D eigenvalue weighted by molar-refractivity contribution is 5.94. The minimum atomic E-state index is -0.179. The number of aliphatic hydroxyl groups excluding tert-OH is 1. The summed E-state index contributed by atoms with van der Waals surface area (Å²) in [6.07, 6.45) is 3.58. The summed E-state index contributed by atoms with van der Waals surface area (Å²) in [6.45, 7) is 1.40. The lowest BCUT2D eigenvalue weighted by molar-refractivity contribution is -0.0952. The van der Waals surface area contributed by atoms with Gasteiger partial charge in [-0.3, -0.25) is 4.79 Å². The number of amides is 1. The molecular formula is C16H18N2O2. The van der Waals surface area contributed by atoms with Crippen LogP contribution in [0.4, 0.5) is 0 Å². The van der Waals surface area contributed by atoms with E-state index in [2.05, 4.69) is 6.07 Å². The lowest BCUT2D eigenvalue weighted by atomic mass is 9.61. The van der Waals surface area contributed by atoms with Crippen molar-refractivity contribution in [1.29, 1.82) is 5.26 Å². The quantitative estimate of drug-likeness (QED) is 0.848. The van der Waals surface area contributed by atoms with Crippen LogP contribution in [0.2, 0.25) is 0 Å². The van der Waals surface area contributed by atoms with Crippen molar-refractivity contribution < 1.29 is 9.90 Å². The highest BCUT2D eigenvalue weighted by Gasteiger charge is 2.47. The van der Waals surface area contributed by atoms with Gasteiger partial charge in [0, 0.05) is 18.7 Å². The predicted molar refractivity (Wildman–Crippen MR) is 74.0 cm³/mol. The van der Waals surface area contributed by atoms with Crippen molar-refractivity contribution in [3.63, 3.8) is 0 Å². The molecule has 1 saturated heterocycles. The van der Waals surface area contributed by atoms with E-state index in [-0.39, 0.29) is 17.4 Å². The van der Waals surface area contributed by atoms with E-state index in [1.54, 1.807) is 24.3 Å². The molecule has 1 amide bonds. The maximum atomic E-state index is 12.4. The molecule has 3 rings (SSSR count).